The van der Waals surface area contributed by atoms with Gasteiger partial charge in [-0.2, -0.15) is 0 Å². The molecule has 0 nitrogen and oxygen atoms in total. The smallest absolute Gasteiger partial charge is 0.0233 e. The van der Waals surface area contributed by atoms with E-state index in [0.717, 1.165) is 5.92 Å². The van der Waals surface area contributed by atoms with E-state index in [-0.39, 0.29) is 0 Å². The highest BCUT2D eigenvalue weighted by Crippen LogP contribution is 2.29. The first-order valence-electron chi connectivity index (χ1n) is 2.56. The van der Waals surface area contributed by atoms with Gasteiger partial charge >= 0.3 is 0 Å². The van der Waals surface area contributed by atoms with E-state index in [0.29, 0.717) is 0 Å². The van der Waals surface area contributed by atoms with Crippen molar-refractivity contribution in [1.29, 1.82) is 0 Å². The molecule has 0 amide bonds. The highest BCUT2D eigenvalue weighted by atomic mass is 14.2. The zero-order valence-electron chi connectivity index (χ0n) is 4.15. The van der Waals surface area contributed by atoms with E-state index < -0.39 is 0 Å². The van der Waals surface area contributed by atoms with E-state index in [4.69, 9.17) is 0 Å². The second-order valence-corrected chi connectivity index (χ2v) is 1.86. The Bertz CT molecular complexity index is 58.4. The molecule has 1 fully saturated rings. The molecule has 1 aliphatic rings. The Kier molecular flexibility index (Phi) is 0.952. The Morgan fingerprint density at radius 1 is 1.50 bits per heavy atom. The highest BCUT2D eigenvalue weighted by Gasteiger charge is 2.15. The third kappa shape index (κ3) is 0.852. The van der Waals surface area contributed by atoms with Crippen LogP contribution in [-0.4, -0.2) is 0 Å². The molecule has 6 heavy (non-hydrogen) atoms. The molecule has 0 heterocycles. The van der Waals surface area contributed by atoms with E-state index in [1.807, 2.05) is 0 Å². The zero-order chi connectivity index (χ0) is 4.41. The topological polar surface area (TPSA) is 0 Å². The fourth-order valence-corrected chi connectivity index (χ4v) is 0.561. The van der Waals surface area contributed by atoms with E-state index in [1.165, 1.54) is 12.8 Å². The molecule has 0 N–H and O–H groups in total. The van der Waals surface area contributed by atoms with Crippen LogP contribution in [0.15, 0.2) is 12.2 Å². The first-order chi connectivity index (χ1) is 2.93. The van der Waals surface area contributed by atoms with Crippen LogP contribution in [-0.2, 0) is 0 Å². The molecule has 0 saturated heterocycles. The molecule has 0 radical (unpaired) electrons. The van der Waals surface area contributed by atoms with Crippen molar-refractivity contribution >= 4 is 0 Å². The summed E-state index contributed by atoms with van der Waals surface area (Å²) in [5, 5.41) is 0. The van der Waals surface area contributed by atoms with Gasteiger partial charge in [0.2, 0.25) is 0 Å². The van der Waals surface area contributed by atoms with Gasteiger partial charge in [-0.05, 0) is 25.7 Å². The van der Waals surface area contributed by atoms with Crippen LogP contribution in [0.3, 0.4) is 0 Å². The Hall–Kier alpha value is -0.260. The molecule has 0 aromatic heterocycles. The average molecular weight is 82.1 g/mol. The maximum Gasteiger partial charge on any atom is -0.0233 e. The third-order valence-electron chi connectivity index (χ3n) is 1.09. The Labute approximate surface area is 38.9 Å². The van der Waals surface area contributed by atoms with E-state index >= 15 is 0 Å². The molecular formula is C6H10. The normalized spacial score (nSPS) is 22.8. The van der Waals surface area contributed by atoms with Crippen molar-refractivity contribution in [3.63, 3.8) is 0 Å². The summed E-state index contributed by atoms with van der Waals surface area (Å²) in [7, 11) is 0. The molecular weight excluding hydrogens is 72.1 g/mol. The summed E-state index contributed by atoms with van der Waals surface area (Å²) in [5.74, 6) is 0.968. The van der Waals surface area contributed by atoms with Gasteiger partial charge in [0.25, 0.3) is 0 Å². The van der Waals surface area contributed by atoms with E-state index in [9.17, 15) is 0 Å². The summed E-state index contributed by atoms with van der Waals surface area (Å²) >= 11 is 0. The SMILES string of the molecule is CC=CC1CC1. The predicted octanol–water partition coefficient (Wildman–Crippen LogP) is 1.97. The quantitative estimate of drug-likeness (QED) is 0.424. The van der Waals surface area contributed by atoms with Gasteiger partial charge in [0.1, 0.15) is 0 Å². The van der Waals surface area contributed by atoms with Crippen molar-refractivity contribution in [2.24, 2.45) is 5.92 Å². The van der Waals surface area contributed by atoms with Crippen molar-refractivity contribution in [2.45, 2.75) is 19.8 Å². The van der Waals surface area contributed by atoms with Gasteiger partial charge in [0.15, 0.2) is 0 Å². The van der Waals surface area contributed by atoms with Gasteiger partial charge in [-0.25, -0.2) is 0 Å². The van der Waals surface area contributed by atoms with Gasteiger partial charge in [-0.15, -0.1) is 0 Å². The van der Waals surface area contributed by atoms with Crippen molar-refractivity contribution in [1.82, 2.24) is 0 Å². The molecule has 1 saturated carbocycles. The van der Waals surface area contributed by atoms with Crippen molar-refractivity contribution in [3.05, 3.63) is 12.2 Å². The number of rotatable bonds is 1. The van der Waals surface area contributed by atoms with Crippen LogP contribution < -0.4 is 0 Å². The lowest BCUT2D eigenvalue weighted by Gasteiger charge is -1.69. The van der Waals surface area contributed by atoms with E-state index in [1.54, 1.807) is 0 Å². The van der Waals surface area contributed by atoms with Gasteiger partial charge in [0, 0.05) is 0 Å². The molecule has 1 rings (SSSR count). The summed E-state index contributed by atoms with van der Waals surface area (Å²) in [6.45, 7) is 2.08. The van der Waals surface area contributed by atoms with Crippen LogP contribution in [0.1, 0.15) is 19.8 Å². The summed E-state index contributed by atoms with van der Waals surface area (Å²) in [6, 6.07) is 0. The molecule has 0 aromatic rings. The Morgan fingerprint density at radius 2 is 2.17 bits per heavy atom. The number of hydrogen-bond donors (Lipinski definition) is 0. The fraction of sp³-hybridized carbons (Fsp3) is 0.667. The number of hydrogen-bond acceptors (Lipinski definition) is 0. The highest BCUT2D eigenvalue weighted by molar-refractivity contribution is 4.93. The molecule has 1 aliphatic carbocycles. The minimum absolute atomic E-state index is 0.968. The largest absolute Gasteiger partial charge is 0.0914 e. The summed E-state index contributed by atoms with van der Waals surface area (Å²) in [6.07, 6.45) is 7.28. The van der Waals surface area contributed by atoms with Gasteiger partial charge < -0.3 is 0 Å². The van der Waals surface area contributed by atoms with Crippen molar-refractivity contribution < 1.29 is 0 Å². The second kappa shape index (κ2) is 1.46. The van der Waals surface area contributed by atoms with Crippen LogP contribution in [0, 0.1) is 5.92 Å². The second-order valence-electron chi connectivity index (χ2n) is 1.86. The van der Waals surface area contributed by atoms with Gasteiger partial charge in [0.05, 0.1) is 0 Å². The molecule has 0 aromatic carbocycles. The van der Waals surface area contributed by atoms with Gasteiger partial charge in [-0.3, -0.25) is 0 Å². The molecule has 0 unspecified atom stereocenters. The molecule has 0 aliphatic heterocycles. The third-order valence-corrected chi connectivity index (χ3v) is 1.09. The minimum Gasteiger partial charge on any atom is -0.0914 e. The van der Waals surface area contributed by atoms with Gasteiger partial charge in [-0.1, -0.05) is 12.2 Å². The fourth-order valence-electron chi connectivity index (χ4n) is 0.561. The summed E-state index contributed by atoms with van der Waals surface area (Å²) in [5.41, 5.74) is 0. The predicted molar refractivity (Wildman–Crippen MR) is 27.5 cm³/mol. The molecule has 0 bridgehead atoms. The average Bonchev–Trinajstić information content (AvgIpc) is 2.21. The van der Waals surface area contributed by atoms with Crippen LogP contribution >= 0.6 is 0 Å². The Balaban J connectivity index is 2.15. The number of allylic oxidation sites excluding steroid dienone is 2. The maximum atomic E-state index is 2.28. The first kappa shape index (κ1) is 3.91. The van der Waals surface area contributed by atoms with E-state index in [2.05, 4.69) is 19.1 Å². The molecule has 34 valence electrons. The van der Waals surface area contributed by atoms with Crippen LogP contribution in [0.25, 0.3) is 0 Å². The lowest BCUT2D eigenvalue weighted by atomic mass is 10.4. The standard InChI is InChI=1S/C6H10/c1-2-3-6-4-5-6/h2-3,6H,4-5H2,1H3. The molecule has 0 heteroatoms. The molecule has 0 atom stereocenters. The monoisotopic (exact) mass is 82.1 g/mol. The lowest BCUT2D eigenvalue weighted by molar-refractivity contribution is 1.12. The summed E-state index contributed by atoms with van der Waals surface area (Å²) in [4.78, 5) is 0. The minimum atomic E-state index is 0.968. The van der Waals surface area contributed by atoms with Crippen molar-refractivity contribution in [2.75, 3.05) is 0 Å². The summed E-state index contributed by atoms with van der Waals surface area (Å²) < 4.78 is 0. The van der Waals surface area contributed by atoms with Crippen LogP contribution in [0.2, 0.25) is 0 Å². The zero-order valence-corrected chi connectivity index (χ0v) is 4.15. The first-order valence-corrected chi connectivity index (χ1v) is 2.56. The lowest BCUT2D eigenvalue weighted by Crippen LogP contribution is -1.54. The van der Waals surface area contributed by atoms with Crippen LogP contribution in [0.4, 0.5) is 0 Å². The van der Waals surface area contributed by atoms with Crippen LogP contribution in [0.5, 0.6) is 0 Å². The maximum absolute atomic E-state index is 2.28. The molecule has 0 spiro atoms. The van der Waals surface area contributed by atoms with Crippen molar-refractivity contribution in [3.8, 4) is 0 Å². The Morgan fingerprint density at radius 3 is 2.33 bits per heavy atom.